The molecule has 2 rings (SSSR count). The van der Waals surface area contributed by atoms with Crippen molar-refractivity contribution >= 4 is 17.6 Å². The summed E-state index contributed by atoms with van der Waals surface area (Å²) in [6.07, 6.45) is -1.29. The lowest BCUT2D eigenvalue weighted by Crippen LogP contribution is -2.30. The Balaban J connectivity index is 2.04. The van der Waals surface area contributed by atoms with Crippen LogP contribution in [0.2, 0.25) is 0 Å². The number of hydrogen-bond donors (Lipinski definition) is 1. The Hall–Kier alpha value is -2.87. The summed E-state index contributed by atoms with van der Waals surface area (Å²) in [5.74, 6) is -6.28. The maximum atomic E-state index is 13.6. The fourth-order valence-corrected chi connectivity index (χ4v) is 2.09. The molecule has 0 unspecified atom stereocenters. The van der Waals surface area contributed by atoms with Crippen LogP contribution in [-0.2, 0) is 20.9 Å². The van der Waals surface area contributed by atoms with Crippen LogP contribution in [0.4, 0.5) is 18.9 Å². The van der Waals surface area contributed by atoms with Gasteiger partial charge >= 0.3 is 5.97 Å². The number of carbonyl (C=O) groups is 2. The van der Waals surface area contributed by atoms with Crippen molar-refractivity contribution in [1.29, 1.82) is 0 Å². The van der Waals surface area contributed by atoms with Crippen LogP contribution in [0, 0.1) is 17.5 Å². The minimum Gasteiger partial charge on any atom is -0.449 e. The van der Waals surface area contributed by atoms with Crippen molar-refractivity contribution in [1.82, 2.24) is 0 Å². The minimum atomic E-state index is -1.71. The average molecular weight is 367 g/mol. The van der Waals surface area contributed by atoms with E-state index >= 15 is 0 Å². The zero-order valence-electron chi connectivity index (χ0n) is 14.0. The number of ether oxygens (including phenoxy) is 2. The van der Waals surface area contributed by atoms with Crippen LogP contribution in [0.1, 0.15) is 22.8 Å². The van der Waals surface area contributed by atoms with Crippen LogP contribution < -0.4 is 5.32 Å². The van der Waals surface area contributed by atoms with Crippen molar-refractivity contribution in [2.24, 2.45) is 0 Å². The first-order chi connectivity index (χ1) is 12.3. The molecule has 5 nitrogen and oxygen atoms in total. The minimum absolute atomic E-state index is 0.207. The molecule has 1 amide bonds. The van der Waals surface area contributed by atoms with E-state index in [1.165, 1.54) is 20.1 Å². The molecule has 0 saturated carbocycles. The van der Waals surface area contributed by atoms with Gasteiger partial charge in [-0.2, -0.15) is 0 Å². The molecule has 0 aromatic heterocycles. The smallest absolute Gasteiger partial charge is 0.338 e. The first-order valence-corrected chi connectivity index (χ1v) is 7.56. The quantitative estimate of drug-likeness (QED) is 0.628. The van der Waals surface area contributed by atoms with Gasteiger partial charge in [-0.25, -0.2) is 18.0 Å². The molecule has 2 aromatic carbocycles. The molecule has 26 heavy (non-hydrogen) atoms. The molecule has 0 bridgehead atoms. The Kier molecular flexibility index (Phi) is 6.35. The molecule has 0 aliphatic carbocycles. The van der Waals surface area contributed by atoms with E-state index in [-0.39, 0.29) is 5.56 Å². The second-order valence-electron chi connectivity index (χ2n) is 5.39. The number of hydrogen-bond acceptors (Lipinski definition) is 4. The molecule has 0 heterocycles. The highest BCUT2D eigenvalue weighted by atomic mass is 19.2. The molecule has 1 atom stereocenters. The lowest BCUT2D eigenvalue weighted by molar-refractivity contribution is -0.123. The molecule has 138 valence electrons. The Labute approximate surface area is 147 Å². The summed E-state index contributed by atoms with van der Waals surface area (Å²) < 4.78 is 49.6. The largest absolute Gasteiger partial charge is 0.449 e. The molecular weight excluding hydrogens is 351 g/mol. The van der Waals surface area contributed by atoms with E-state index < -0.39 is 41.1 Å². The van der Waals surface area contributed by atoms with Gasteiger partial charge in [-0.1, -0.05) is 12.1 Å². The Bertz CT molecular complexity index is 826. The van der Waals surface area contributed by atoms with E-state index in [0.717, 1.165) is 11.6 Å². The predicted octanol–water partition coefficient (Wildman–Crippen LogP) is 3.43. The normalized spacial score (nSPS) is 11.7. The summed E-state index contributed by atoms with van der Waals surface area (Å²) in [5, 5.41) is 2.05. The van der Waals surface area contributed by atoms with Gasteiger partial charge in [0.25, 0.3) is 5.91 Å². The summed E-state index contributed by atoms with van der Waals surface area (Å²) >= 11 is 0. The number of amides is 1. The van der Waals surface area contributed by atoms with E-state index in [2.05, 4.69) is 0 Å². The highest BCUT2D eigenvalue weighted by Gasteiger charge is 2.22. The third-order valence-corrected chi connectivity index (χ3v) is 3.42. The van der Waals surface area contributed by atoms with Crippen molar-refractivity contribution in [3.63, 3.8) is 0 Å². The van der Waals surface area contributed by atoms with Gasteiger partial charge in [-0.15, -0.1) is 0 Å². The number of anilines is 1. The summed E-state index contributed by atoms with van der Waals surface area (Å²) in [6.45, 7) is 1.57. The van der Waals surface area contributed by atoms with E-state index in [4.69, 9.17) is 9.47 Å². The van der Waals surface area contributed by atoms with Crippen LogP contribution in [0.3, 0.4) is 0 Å². The maximum Gasteiger partial charge on any atom is 0.338 e. The number of rotatable bonds is 6. The SMILES string of the molecule is COCc1cccc(C(=O)O[C@@H](C)C(=O)Nc2ccc(F)c(F)c2F)c1. The fraction of sp³-hybridized carbons (Fsp3) is 0.222. The average Bonchev–Trinajstić information content (AvgIpc) is 2.62. The number of carbonyl (C=O) groups excluding carboxylic acids is 2. The third-order valence-electron chi connectivity index (χ3n) is 3.42. The molecule has 1 N–H and O–H groups in total. The summed E-state index contributed by atoms with van der Waals surface area (Å²) in [4.78, 5) is 24.1. The van der Waals surface area contributed by atoms with E-state index in [9.17, 15) is 22.8 Å². The van der Waals surface area contributed by atoms with Crippen molar-refractivity contribution < 1.29 is 32.2 Å². The second-order valence-corrected chi connectivity index (χ2v) is 5.39. The fourth-order valence-electron chi connectivity index (χ4n) is 2.09. The van der Waals surface area contributed by atoms with Gasteiger partial charge < -0.3 is 14.8 Å². The lowest BCUT2D eigenvalue weighted by atomic mass is 10.1. The van der Waals surface area contributed by atoms with Crippen molar-refractivity contribution in [2.45, 2.75) is 19.6 Å². The highest BCUT2D eigenvalue weighted by molar-refractivity contribution is 5.97. The van der Waals surface area contributed by atoms with Gasteiger partial charge in [-0.05, 0) is 36.8 Å². The van der Waals surface area contributed by atoms with Gasteiger partial charge in [0.2, 0.25) is 0 Å². The second kappa shape index (κ2) is 8.48. The van der Waals surface area contributed by atoms with Gasteiger partial charge in [-0.3, -0.25) is 4.79 Å². The van der Waals surface area contributed by atoms with E-state index in [0.29, 0.717) is 12.7 Å². The van der Waals surface area contributed by atoms with Crippen LogP contribution >= 0.6 is 0 Å². The molecule has 8 heteroatoms. The van der Waals surface area contributed by atoms with Gasteiger partial charge in [0, 0.05) is 7.11 Å². The summed E-state index contributed by atoms with van der Waals surface area (Å²) in [7, 11) is 1.51. The van der Waals surface area contributed by atoms with E-state index in [1.807, 2.05) is 5.32 Å². The Morgan fingerprint density at radius 3 is 2.54 bits per heavy atom. The molecule has 0 saturated heterocycles. The maximum absolute atomic E-state index is 13.6. The summed E-state index contributed by atoms with van der Waals surface area (Å²) in [5.41, 5.74) is 0.389. The van der Waals surface area contributed by atoms with Gasteiger partial charge in [0.1, 0.15) is 0 Å². The molecule has 0 aliphatic heterocycles. The Morgan fingerprint density at radius 1 is 1.12 bits per heavy atom. The molecule has 0 aliphatic rings. The van der Waals surface area contributed by atoms with Crippen molar-refractivity contribution in [3.05, 3.63) is 65.0 Å². The van der Waals surface area contributed by atoms with Crippen LogP contribution in [0.5, 0.6) is 0 Å². The number of methoxy groups -OCH3 is 1. The molecule has 0 fully saturated rings. The highest BCUT2D eigenvalue weighted by Crippen LogP contribution is 2.20. The number of esters is 1. The van der Waals surface area contributed by atoms with Crippen LogP contribution in [-0.4, -0.2) is 25.1 Å². The molecular formula is C18H16F3NO4. The monoisotopic (exact) mass is 367 g/mol. The topological polar surface area (TPSA) is 64.6 Å². The van der Waals surface area contributed by atoms with Gasteiger partial charge in [0.15, 0.2) is 23.6 Å². The summed E-state index contributed by atoms with van der Waals surface area (Å²) in [6, 6.07) is 7.97. The third kappa shape index (κ3) is 4.60. The molecule has 0 radical (unpaired) electrons. The number of halogens is 3. The lowest BCUT2D eigenvalue weighted by Gasteiger charge is -2.14. The molecule has 2 aromatic rings. The van der Waals surface area contributed by atoms with Crippen LogP contribution in [0.15, 0.2) is 36.4 Å². The van der Waals surface area contributed by atoms with Crippen LogP contribution in [0.25, 0.3) is 0 Å². The van der Waals surface area contributed by atoms with E-state index in [1.54, 1.807) is 18.2 Å². The zero-order valence-corrected chi connectivity index (χ0v) is 14.0. The first kappa shape index (κ1) is 19.5. The molecule has 0 spiro atoms. The van der Waals surface area contributed by atoms with Crippen molar-refractivity contribution in [3.8, 4) is 0 Å². The standard InChI is InChI=1S/C18H16F3NO4/c1-10(17(23)22-14-7-6-13(19)15(20)16(14)21)26-18(24)12-5-3-4-11(8-12)9-25-2/h3-8,10H,9H2,1-2H3,(H,22,23)/t10-/m0/s1. The number of benzene rings is 2. The zero-order chi connectivity index (χ0) is 19.3. The number of nitrogens with one attached hydrogen (secondary N) is 1. The van der Waals surface area contributed by atoms with Crippen molar-refractivity contribution in [2.75, 3.05) is 12.4 Å². The Morgan fingerprint density at radius 2 is 1.85 bits per heavy atom. The predicted molar refractivity (Wildman–Crippen MR) is 87.0 cm³/mol. The first-order valence-electron chi connectivity index (χ1n) is 7.56. The van der Waals surface area contributed by atoms with Gasteiger partial charge in [0.05, 0.1) is 17.9 Å².